The fraction of sp³-hybridized carbons (Fsp3) is 0.651. The van der Waals surface area contributed by atoms with Crippen molar-refractivity contribution in [2.24, 2.45) is 5.73 Å². The molecule has 2 aromatic heterocycles. The van der Waals surface area contributed by atoms with Crippen LogP contribution < -0.4 is 42.8 Å². The number of nitrogen functional groups attached to an aromatic ring is 1. The molecule has 2 fully saturated rings. The number of aromatic nitrogens is 4. The predicted molar refractivity (Wildman–Crippen MR) is 242 cm³/mol. The number of imidazole rings is 1. The van der Waals surface area contributed by atoms with Crippen molar-refractivity contribution in [1.29, 1.82) is 0 Å². The zero-order chi connectivity index (χ0) is 45.2. The number of rotatable bonds is 34. The fourth-order valence-corrected chi connectivity index (χ4v) is 8.78. The van der Waals surface area contributed by atoms with E-state index in [4.69, 9.17) is 35.2 Å². The number of nitrogens with two attached hydrogens (primary N) is 2. The normalized spacial score (nSPS) is 17.1. The molecule has 0 spiro atoms. The number of aromatic amines is 1. The molecule has 21 heteroatoms. The molecule has 3 aromatic rings. The van der Waals surface area contributed by atoms with Gasteiger partial charge in [0.05, 0.1) is 71.3 Å². The van der Waals surface area contributed by atoms with Gasteiger partial charge < -0.3 is 66.7 Å². The van der Waals surface area contributed by atoms with E-state index >= 15 is 0 Å². The van der Waals surface area contributed by atoms with Crippen molar-refractivity contribution >= 4 is 52.6 Å². The lowest BCUT2D eigenvalue weighted by Crippen LogP contribution is -2.47. The van der Waals surface area contributed by atoms with Gasteiger partial charge in [0.25, 0.3) is 0 Å². The van der Waals surface area contributed by atoms with Crippen LogP contribution in [0.4, 0.5) is 10.7 Å². The summed E-state index contributed by atoms with van der Waals surface area (Å²) in [5, 5.41) is 15.1. The molecule has 5 amide bonds. The van der Waals surface area contributed by atoms with E-state index in [-0.39, 0.29) is 41.8 Å². The molecule has 2 aliphatic heterocycles. The standard InChI is InChI=1S/C43H67N11O9S/c44-16-6-5-8-32(50-36(56)11-2-1-7-17-46-35(55)10-4-3-9-34-37-33(28-64-34)51-43(58)52-37)40(57)47-18-19-59-20-21-60-22-23-61-24-25-62-26-30-12-14-31(15-13-30)27-63-41-38-39(49-29-48-38)53-42(45)54-41/h12-15,29,32-34,37H,1-11,16-28,44H2,(H,46,55)(H,47,57)(H,50,56)(H2,51,52,58)(H3,45,48,49,53,54)/t32?,33-,34-,37-/m1/s1. The van der Waals surface area contributed by atoms with Crippen molar-refractivity contribution in [3.63, 3.8) is 0 Å². The molecular weight excluding hydrogens is 847 g/mol. The molecule has 2 saturated heterocycles. The molecule has 0 radical (unpaired) electrons. The Morgan fingerprint density at radius 3 is 2.25 bits per heavy atom. The second-order valence-electron chi connectivity index (χ2n) is 15.7. The molecule has 64 heavy (non-hydrogen) atoms. The summed E-state index contributed by atoms with van der Waals surface area (Å²) in [6.07, 6.45) is 9.29. The Kier molecular flexibility index (Phi) is 22.7. The third kappa shape index (κ3) is 18.4. The lowest BCUT2D eigenvalue weighted by atomic mass is 10.0. The van der Waals surface area contributed by atoms with Crippen LogP contribution >= 0.6 is 11.8 Å². The molecule has 1 aromatic carbocycles. The maximum Gasteiger partial charge on any atom is 0.315 e. The number of hydrogen-bond acceptors (Lipinski definition) is 15. The SMILES string of the molecule is NCCCCC(NC(=O)CCCCCNC(=O)CCCC[C@H]1SC[C@H]2NC(=O)N[C@H]21)C(=O)NCCOCCOCCOCCOCc1ccc(COc2nc(N)nc3[nH]cnc23)cc1. The van der Waals surface area contributed by atoms with Crippen LogP contribution in [0.1, 0.15) is 81.8 Å². The van der Waals surface area contributed by atoms with Crippen molar-refractivity contribution in [2.75, 3.05) is 77.4 Å². The third-order valence-electron chi connectivity index (χ3n) is 10.7. The monoisotopic (exact) mass is 913 g/mol. The van der Waals surface area contributed by atoms with Crippen LogP contribution in [0.2, 0.25) is 0 Å². The van der Waals surface area contributed by atoms with Crippen LogP contribution in [0.5, 0.6) is 5.88 Å². The summed E-state index contributed by atoms with van der Waals surface area (Å²) in [5.74, 6) is 1.00. The largest absolute Gasteiger partial charge is 0.471 e. The number of H-pyrrole nitrogens is 1. The third-order valence-corrected chi connectivity index (χ3v) is 12.2. The number of carbonyl (C=O) groups excluding carboxylic acids is 4. The van der Waals surface area contributed by atoms with E-state index in [1.165, 1.54) is 6.33 Å². The Bertz CT molecular complexity index is 1860. The maximum atomic E-state index is 12.9. The molecule has 20 nitrogen and oxygen atoms in total. The smallest absolute Gasteiger partial charge is 0.315 e. The molecule has 10 N–H and O–H groups in total. The zero-order valence-corrected chi connectivity index (χ0v) is 37.6. The number of urea groups is 1. The minimum Gasteiger partial charge on any atom is -0.471 e. The number of ether oxygens (including phenoxy) is 5. The van der Waals surface area contributed by atoms with Crippen LogP contribution in [-0.2, 0) is 46.5 Å². The molecule has 4 heterocycles. The quantitative estimate of drug-likeness (QED) is 0.0315. The van der Waals surface area contributed by atoms with Crippen molar-refractivity contribution in [1.82, 2.24) is 46.5 Å². The van der Waals surface area contributed by atoms with Crippen LogP contribution in [0.3, 0.4) is 0 Å². The molecule has 1 unspecified atom stereocenters. The lowest BCUT2D eigenvalue weighted by molar-refractivity contribution is -0.129. The van der Waals surface area contributed by atoms with Crippen LogP contribution in [0.15, 0.2) is 30.6 Å². The topological polar surface area (TPSA) is 281 Å². The molecule has 2 aliphatic rings. The highest BCUT2D eigenvalue weighted by Crippen LogP contribution is 2.33. The van der Waals surface area contributed by atoms with E-state index in [1.54, 1.807) is 0 Å². The number of hydrogen-bond donors (Lipinski definition) is 8. The average Bonchev–Trinajstić information content (AvgIpc) is 4.02. The summed E-state index contributed by atoms with van der Waals surface area (Å²) in [4.78, 5) is 64.8. The van der Waals surface area contributed by atoms with E-state index in [0.717, 1.165) is 61.8 Å². The molecule has 0 aliphatic carbocycles. The van der Waals surface area contributed by atoms with Gasteiger partial charge in [0.15, 0.2) is 11.2 Å². The number of benzene rings is 1. The van der Waals surface area contributed by atoms with Gasteiger partial charge in [0.2, 0.25) is 29.5 Å². The fourth-order valence-electron chi connectivity index (χ4n) is 7.23. The molecule has 0 saturated carbocycles. The first kappa shape index (κ1) is 50.2. The van der Waals surface area contributed by atoms with Gasteiger partial charge in [0, 0.05) is 36.9 Å². The second-order valence-corrected chi connectivity index (χ2v) is 17.0. The molecule has 354 valence electrons. The van der Waals surface area contributed by atoms with Gasteiger partial charge in [-0.1, -0.05) is 37.1 Å². The van der Waals surface area contributed by atoms with E-state index in [2.05, 4.69) is 46.5 Å². The number of thioether (sulfide) groups is 1. The average molecular weight is 914 g/mol. The summed E-state index contributed by atoms with van der Waals surface area (Å²) in [6, 6.07) is 7.59. The molecule has 5 rings (SSSR count). The first-order chi connectivity index (χ1) is 31.3. The van der Waals surface area contributed by atoms with Crippen molar-refractivity contribution in [3.8, 4) is 5.88 Å². The van der Waals surface area contributed by atoms with E-state index in [1.807, 2.05) is 36.0 Å². The second kappa shape index (κ2) is 28.9. The van der Waals surface area contributed by atoms with E-state index in [0.29, 0.717) is 127 Å². The minimum atomic E-state index is -0.639. The van der Waals surface area contributed by atoms with Gasteiger partial charge >= 0.3 is 6.03 Å². The summed E-state index contributed by atoms with van der Waals surface area (Å²) in [7, 11) is 0. The van der Waals surface area contributed by atoms with Gasteiger partial charge in [0.1, 0.15) is 12.6 Å². The number of amides is 5. The summed E-state index contributed by atoms with van der Waals surface area (Å²) < 4.78 is 28.3. The lowest BCUT2D eigenvalue weighted by Gasteiger charge is -2.18. The van der Waals surface area contributed by atoms with Crippen molar-refractivity contribution in [3.05, 3.63) is 41.7 Å². The maximum absolute atomic E-state index is 12.9. The Balaban J connectivity index is 0.795. The van der Waals surface area contributed by atoms with Gasteiger partial charge in [-0.2, -0.15) is 21.7 Å². The Hall–Kier alpha value is -4.80. The molecular formula is C43H67N11O9S. The highest BCUT2D eigenvalue weighted by molar-refractivity contribution is 8.00. The van der Waals surface area contributed by atoms with Gasteiger partial charge in [-0.15, -0.1) is 0 Å². The number of nitrogens with one attached hydrogen (secondary N) is 6. The number of fused-ring (bicyclic) bond motifs is 2. The summed E-state index contributed by atoms with van der Waals surface area (Å²) in [5.41, 5.74) is 14.4. The minimum absolute atomic E-state index is 0.0420. The highest BCUT2D eigenvalue weighted by atomic mass is 32.2. The van der Waals surface area contributed by atoms with Gasteiger partial charge in [-0.3, -0.25) is 14.4 Å². The van der Waals surface area contributed by atoms with Gasteiger partial charge in [-0.25, -0.2) is 9.78 Å². The molecule has 4 atom stereocenters. The number of carbonyl (C=O) groups is 4. The Morgan fingerprint density at radius 2 is 1.48 bits per heavy atom. The zero-order valence-electron chi connectivity index (χ0n) is 36.7. The number of anilines is 1. The number of unbranched alkanes of at least 4 members (excludes halogenated alkanes) is 4. The highest BCUT2D eigenvalue weighted by Gasteiger charge is 2.42. The predicted octanol–water partition coefficient (Wildman–Crippen LogP) is 2.21. The van der Waals surface area contributed by atoms with Crippen LogP contribution in [0, 0.1) is 0 Å². The summed E-state index contributed by atoms with van der Waals surface area (Å²) >= 11 is 1.89. The first-order valence-corrected chi connectivity index (χ1v) is 23.5. The van der Waals surface area contributed by atoms with Crippen LogP contribution in [-0.4, -0.2) is 139 Å². The number of nitrogens with zero attached hydrogens (tertiary/aromatic N) is 3. The Morgan fingerprint density at radius 1 is 0.781 bits per heavy atom. The van der Waals surface area contributed by atoms with Gasteiger partial charge in [-0.05, 0) is 62.6 Å². The first-order valence-electron chi connectivity index (χ1n) is 22.5. The molecule has 0 bridgehead atoms. The summed E-state index contributed by atoms with van der Waals surface area (Å²) in [6.45, 7) is 4.96. The van der Waals surface area contributed by atoms with Crippen LogP contribution in [0.25, 0.3) is 11.2 Å². The van der Waals surface area contributed by atoms with Crippen molar-refractivity contribution < 1.29 is 42.9 Å². The Labute approximate surface area is 378 Å². The van der Waals surface area contributed by atoms with E-state index < -0.39 is 6.04 Å². The van der Waals surface area contributed by atoms with E-state index in [9.17, 15) is 19.2 Å². The van der Waals surface area contributed by atoms with Crippen molar-refractivity contribution in [2.45, 2.75) is 107 Å².